The van der Waals surface area contributed by atoms with E-state index in [2.05, 4.69) is 19.2 Å². The van der Waals surface area contributed by atoms with Crippen LogP contribution in [0.15, 0.2) is 64.6 Å². The van der Waals surface area contributed by atoms with Gasteiger partial charge in [-0.25, -0.2) is 0 Å². The van der Waals surface area contributed by atoms with Gasteiger partial charge >= 0.3 is 0 Å². The summed E-state index contributed by atoms with van der Waals surface area (Å²) in [5, 5.41) is 5.23. The molecule has 0 unspecified atom stereocenters. The number of hydrogen-bond donors (Lipinski definition) is 1. The molecular weight excluding hydrogens is 420 g/mol. The molecule has 1 aliphatic heterocycles. The van der Waals surface area contributed by atoms with E-state index in [1.807, 2.05) is 65.7 Å². The molecule has 168 valence electrons. The summed E-state index contributed by atoms with van der Waals surface area (Å²) < 4.78 is 5.43. The van der Waals surface area contributed by atoms with Crippen molar-refractivity contribution in [1.82, 2.24) is 10.2 Å². The third-order valence-corrected chi connectivity index (χ3v) is 6.85. The average Bonchev–Trinajstić information content (AvgIpc) is 3.48. The van der Waals surface area contributed by atoms with Gasteiger partial charge in [0.15, 0.2) is 0 Å². The number of carbonyl (C=O) groups excluding carboxylic acids is 2. The summed E-state index contributed by atoms with van der Waals surface area (Å²) in [6.07, 6.45) is 3.22. The topological polar surface area (TPSA) is 62.6 Å². The molecule has 0 fully saturated rings. The van der Waals surface area contributed by atoms with E-state index in [0.717, 1.165) is 29.0 Å². The van der Waals surface area contributed by atoms with E-state index >= 15 is 0 Å². The Morgan fingerprint density at radius 1 is 1.12 bits per heavy atom. The summed E-state index contributed by atoms with van der Waals surface area (Å²) in [5.74, 6) is 0.723. The van der Waals surface area contributed by atoms with Gasteiger partial charge in [-0.3, -0.25) is 9.59 Å². The smallest absolute Gasteiger partial charge is 0.254 e. The first-order valence-corrected chi connectivity index (χ1v) is 12.1. The molecule has 0 bridgehead atoms. The lowest BCUT2D eigenvalue weighted by atomic mass is 9.81. The van der Waals surface area contributed by atoms with Crippen LogP contribution in [0.2, 0.25) is 0 Å². The van der Waals surface area contributed by atoms with Crippen LogP contribution in [0.3, 0.4) is 0 Å². The molecule has 0 spiro atoms. The van der Waals surface area contributed by atoms with Gasteiger partial charge in [0.1, 0.15) is 5.76 Å². The highest BCUT2D eigenvalue weighted by Crippen LogP contribution is 2.44. The molecule has 0 radical (unpaired) electrons. The van der Waals surface area contributed by atoms with Crippen LogP contribution in [0.4, 0.5) is 0 Å². The van der Waals surface area contributed by atoms with Gasteiger partial charge in [-0.05, 0) is 54.5 Å². The van der Waals surface area contributed by atoms with E-state index in [0.29, 0.717) is 18.0 Å². The molecule has 3 aromatic rings. The van der Waals surface area contributed by atoms with Crippen LogP contribution in [0.25, 0.3) is 0 Å². The molecule has 0 saturated heterocycles. The summed E-state index contributed by atoms with van der Waals surface area (Å²) in [5.41, 5.74) is 1.44. The van der Waals surface area contributed by atoms with Crippen molar-refractivity contribution < 1.29 is 14.0 Å². The van der Waals surface area contributed by atoms with Crippen molar-refractivity contribution in [3.63, 3.8) is 0 Å². The molecule has 32 heavy (non-hydrogen) atoms. The number of furan rings is 1. The summed E-state index contributed by atoms with van der Waals surface area (Å²) in [4.78, 5) is 30.1. The monoisotopic (exact) mass is 450 g/mol. The average molecular weight is 451 g/mol. The van der Waals surface area contributed by atoms with Crippen molar-refractivity contribution in [2.24, 2.45) is 5.92 Å². The molecule has 1 N–H and O–H groups in total. The molecule has 5 nitrogen and oxygen atoms in total. The molecule has 6 heteroatoms. The third-order valence-electron chi connectivity index (χ3n) is 5.91. The Kier molecular flexibility index (Phi) is 6.80. The minimum absolute atomic E-state index is 0.00242. The van der Waals surface area contributed by atoms with E-state index in [1.54, 1.807) is 17.6 Å². The van der Waals surface area contributed by atoms with E-state index in [4.69, 9.17) is 4.42 Å². The molecular formula is C26H30N2O3S. The lowest BCUT2D eigenvalue weighted by Gasteiger charge is -2.42. The van der Waals surface area contributed by atoms with Gasteiger partial charge < -0.3 is 14.6 Å². The maximum atomic E-state index is 13.7. The van der Waals surface area contributed by atoms with Gasteiger partial charge in [0, 0.05) is 29.4 Å². The maximum absolute atomic E-state index is 13.7. The summed E-state index contributed by atoms with van der Waals surface area (Å²) in [6, 6.07) is 15.1. The molecule has 3 heterocycles. The number of rotatable bonds is 8. The minimum atomic E-state index is -0.452. The second-order valence-electron chi connectivity index (χ2n) is 8.90. The highest BCUT2D eigenvalue weighted by atomic mass is 32.1. The van der Waals surface area contributed by atoms with Gasteiger partial charge in [0.05, 0.1) is 18.2 Å². The van der Waals surface area contributed by atoms with Crippen LogP contribution in [-0.2, 0) is 11.2 Å². The molecule has 2 amide bonds. The second kappa shape index (κ2) is 9.74. The second-order valence-corrected chi connectivity index (χ2v) is 9.88. The van der Waals surface area contributed by atoms with Gasteiger partial charge in [-0.2, -0.15) is 0 Å². The highest BCUT2D eigenvalue weighted by Gasteiger charge is 2.44. The van der Waals surface area contributed by atoms with Crippen LogP contribution >= 0.6 is 11.3 Å². The zero-order valence-electron chi connectivity index (χ0n) is 18.8. The van der Waals surface area contributed by atoms with Crippen molar-refractivity contribution in [3.8, 4) is 0 Å². The van der Waals surface area contributed by atoms with Crippen molar-refractivity contribution in [1.29, 1.82) is 0 Å². The maximum Gasteiger partial charge on any atom is 0.254 e. The fraction of sp³-hybridized carbons (Fsp3) is 0.385. The standard InChI is InChI=1S/C26H30N2O3S/c1-17(2)16-28-24(22-11-7-15-32-22)23(20-9-4-5-10-21(20)26(28)30)25(29)27-18(3)12-13-19-8-6-14-31-19/h4-11,14-15,17-18,23-24H,12-13,16H2,1-3H3,(H,27,29)/t18-,23-,24+/m0/s1. The quantitative estimate of drug-likeness (QED) is 0.499. The summed E-state index contributed by atoms with van der Waals surface area (Å²) >= 11 is 1.60. The SMILES string of the molecule is CC(C)CN1C(=O)c2ccccc2[C@H](C(=O)N[C@@H](C)CCc2ccco2)[C@H]1c1cccs1. The first-order valence-electron chi connectivity index (χ1n) is 11.2. The first-order chi connectivity index (χ1) is 15.5. The zero-order chi connectivity index (χ0) is 22.7. The number of benzene rings is 1. The van der Waals surface area contributed by atoms with Crippen LogP contribution in [0.1, 0.15) is 65.7 Å². The predicted octanol–water partition coefficient (Wildman–Crippen LogP) is 5.42. The first kappa shape index (κ1) is 22.3. The number of nitrogens with zero attached hydrogens (tertiary/aromatic N) is 1. The Balaban J connectivity index is 1.65. The van der Waals surface area contributed by atoms with Crippen molar-refractivity contribution in [2.75, 3.05) is 6.54 Å². The Bertz CT molecular complexity index is 1040. The predicted molar refractivity (Wildman–Crippen MR) is 127 cm³/mol. The van der Waals surface area contributed by atoms with Crippen LogP contribution < -0.4 is 5.32 Å². The molecule has 0 saturated carbocycles. The Labute approximate surface area is 193 Å². The van der Waals surface area contributed by atoms with E-state index in [-0.39, 0.29) is 23.9 Å². The Morgan fingerprint density at radius 2 is 1.94 bits per heavy atom. The summed E-state index contributed by atoms with van der Waals surface area (Å²) in [7, 11) is 0. The van der Waals surface area contributed by atoms with E-state index in [9.17, 15) is 9.59 Å². The summed E-state index contributed by atoms with van der Waals surface area (Å²) in [6.45, 7) is 6.83. The number of amides is 2. The largest absolute Gasteiger partial charge is 0.469 e. The number of hydrogen-bond acceptors (Lipinski definition) is 4. The highest BCUT2D eigenvalue weighted by molar-refractivity contribution is 7.10. The molecule has 0 aliphatic carbocycles. The fourth-order valence-electron chi connectivity index (χ4n) is 4.46. The molecule has 4 rings (SSSR count). The third kappa shape index (κ3) is 4.65. The molecule has 2 aromatic heterocycles. The van der Waals surface area contributed by atoms with Crippen molar-refractivity contribution >= 4 is 23.2 Å². The lowest BCUT2D eigenvalue weighted by molar-refractivity contribution is -0.124. The van der Waals surface area contributed by atoms with Crippen molar-refractivity contribution in [2.45, 2.75) is 51.6 Å². The number of fused-ring (bicyclic) bond motifs is 1. The fourth-order valence-corrected chi connectivity index (χ4v) is 5.34. The van der Waals surface area contributed by atoms with Gasteiger partial charge in [0.2, 0.25) is 5.91 Å². The molecule has 3 atom stereocenters. The van der Waals surface area contributed by atoms with Gasteiger partial charge in [0.25, 0.3) is 5.91 Å². The van der Waals surface area contributed by atoms with E-state index < -0.39 is 5.92 Å². The number of thiophene rings is 1. The zero-order valence-corrected chi connectivity index (χ0v) is 19.6. The number of carbonyl (C=O) groups is 2. The minimum Gasteiger partial charge on any atom is -0.469 e. The van der Waals surface area contributed by atoms with Gasteiger partial charge in [-0.15, -0.1) is 11.3 Å². The molecule has 1 aromatic carbocycles. The van der Waals surface area contributed by atoms with E-state index in [1.165, 1.54) is 0 Å². The number of nitrogens with one attached hydrogen (secondary N) is 1. The number of aryl methyl sites for hydroxylation is 1. The lowest BCUT2D eigenvalue weighted by Crippen LogP contribution is -2.49. The van der Waals surface area contributed by atoms with Crippen LogP contribution in [0, 0.1) is 5.92 Å². The van der Waals surface area contributed by atoms with Crippen LogP contribution in [0.5, 0.6) is 0 Å². The molecule has 1 aliphatic rings. The van der Waals surface area contributed by atoms with Gasteiger partial charge in [-0.1, -0.05) is 38.1 Å². The van der Waals surface area contributed by atoms with Crippen molar-refractivity contribution in [3.05, 3.63) is 81.9 Å². The Hall–Kier alpha value is -2.86. The Morgan fingerprint density at radius 3 is 2.62 bits per heavy atom. The normalized spacial score (nSPS) is 19.1. The van der Waals surface area contributed by atoms with Crippen LogP contribution in [-0.4, -0.2) is 29.3 Å².